The number of carbonyl (C=O) groups excluding carboxylic acids is 1. The van der Waals surface area contributed by atoms with Crippen LogP contribution in [0.4, 0.5) is 4.79 Å². The Bertz CT molecular complexity index is 127. The third-order valence-corrected chi connectivity index (χ3v) is 2.39. The van der Waals surface area contributed by atoms with Crippen molar-refractivity contribution in [2.75, 3.05) is 24.6 Å². The first-order valence-electron chi connectivity index (χ1n) is 3.09. The third-order valence-electron chi connectivity index (χ3n) is 1.26. The van der Waals surface area contributed by atoms with Crippen molar-refractivity contribution < 1.29 is 4.79 Å². The Morgan fingerprint density at radius 2 is 2.10 bits per heavy atom. The summed E-state index contributed by atoms with van der Waals surface area (Å²) in [5, 5.41) is 1.94. The second-order valence-corrected chi connectivity index (χ2v) is 4.00. The van der Waals surface area contributed by atoms with E-state index in [4.69, 9.17) is 0 Å². The zero-order chi connectivity index (χ0) is 7.40. The Kier molecular flexibility index (Phi) is 3.56. The molecule has 5 heteroatoms. The normalized spacial score (nSPS) is 20.4. The molecule has 0 bridgehead atoms. The van der Waals surface area contributed by atoms with Crippen LogP contribution in [-0.2, 0) is 0 Å². The molecule has 0 spiro atoms. The topological polar surface area (TPSA) is 32.3 Å². The van der Waals surface area contributed by atoms with Crippen LogP contribution >= 0.6 is 11.8 Å². The summed E-state index contributed by atoms with van der Waals surface area (Å²) in [7, 11) is 0. The van der Waals surface area contributed by atoms with Gasteiger partial charge < -0.3 is 0 Å². The molecule has 1 aliphatic heterocycles. The van der Waals surface area contributed by atoms with Gasteiger partial charge in [0.1, 0.15) is 0 Å². The second-order valence-electron chi connectivity index (χ2n) is 2.00. The summed E-state index contributed by atoms with van der Waals surface area (Å²) >= 11 is 4.31. The van der Waals surface area contributed by atoms with Crippen LogP contribution in [-0.4, -0.2) is 50.4 Å². The number of thioether (sulfide) groups is 1. The first-order chi connectivity index (χ1) is 4.79. The maximum atomic E-state index is 10.5. The summed E-state index contributed by atoms with van der Waals surface area (Å²) in [6.45, 7) is 1.91. The van der Waals surface area contributed by atoms with Crippen LogP contribution in [0.15, 0.2) is 0 Å². The monoisotopic (exact) mass is 225 g/mol. The van der Waals surface area contributed by atoms with Crippen molar-refractivity contribution in [2.24, 2.45) is 0 Å². The molecule has 0 saturated carbocycles. The van der Waals surface area contributed by atoms with Crippen LogP contribution in [0.1, 0.15) is 0 Å². The van der Waals surface area contributed by atoms with Gasteiger partial charge in [0.25, 0.3) is 0 Å². The first-order valence-corrected chi connectivity index (χ1v) is 5.10. The van der Waals surface area contributed by atoms with Crippen LogP contribution in [0.2, 0.25) is 0 Å². The van der Waals surface area contributed by atoms with E-state index >= 15 is 0 Å². The molecule has 0 aliphatic carbocycles. The molecule has 1 amide bonds. The summed E-state index contributed by atoms with van der Waals surface area (Å²) < 4.78 is 0. The fourth-order valence-electron chi connectivity index (χ4n) is 0.804. The average molecular weight is 224 g/mol. The quantitative estimate of drug-likeness (QED) is 0.627. The SMILES string of the molecule is O=C([Se])NN1CCSCC1. The van der Waals surface area contributed by atoms with Gasteiger partial charge in [-0.15, -0.1) is 0 Å². The van der Waals surface area contributed by atoms with Gasteiger partial charge in [-0.3, -0.25) is 0 Å². The average Bonchev–Trinajstić information content (AvgIpc) is 1.88. The number of hydrogen-bond donors (Lipinski definition) is 1. The Morgan fingerprint density at radius 3 is 2.60 bits per heavy atom. The van der Waals surface area contributed by atoms with Crippen LogP contribution < -0.4 is 5.43 Å². The summed E-state index contributed by atoms with van der Waals surface area (Å²) in [6, 6.07) is 0. The van der Waals surface area contributed by atoms with Gasteiger partial charge in [0.2, 0.25) is 0 Å². The van der Waals surface area contributed by atoms with Gasteiger partial charge in [-0.05, 0) is 0 Å². The molecule has 1 rings (SSSR count). The number of hydrazine groups is 1. The van der Waals surface area contributed by atoms with E-state index in [1.54, 1.807) is 0 Å². The van der Waals surface area contributed by atoms with Gasteiger partial charge in [0.05, 0.1) is 0 Å². The molecule has 0 aromatic rings. The Balaban J connectivity index is 2.19. The minimum atomic E-state index is -0.0908. The molecule has 0 aromatic heterocycles. The number of carbonyl (C=O) groups is 1. The van der Waals surface area contributed by atoms with E-state index in [2.05, 4.69) is 21.4 Å². The van der Waals surface area contributed by atoms with Gasteiger partial charge in [0.15, 0.2) is 0 Å². The van der Waals surface area contributed by atoms with Crippen molar-refractivity contribution in [2.45, 2.75) is 0 Å². The molecular formula is C5H9N2OSSe. The molecule has 0 aromatic carbocycles. The molecule has 1 heterocycles. The maximum absolute atomic E-state index is 10.5. The molecule has 3 nitrogen and oxygen atoms in total. The summed E-state index contributed by atoms with van der Waals surface area (Å²) in [5.74, 6) is 2.22. The predicted octanol–water partition coefficient (Wildman–Crippen LogP) is -0.172. The van der Waals surface area contributed by atoms with Crippen molar-refractivity contribution in [1.29, 1.82) is 0 Å². The van der Waals surface area contributed by atoms with E-state index in [0.717, 1.165) is 24.6 Å². The predicted molar refractivity (Wildman–Crippen MR) is 43.2 cm³/mol. The zero-order valence-electron chi connectivity index (χ0n) is 5.50. The van der Waals surface area contributed by atoms with E-state index in [1.807, 2.05) is 16.8 Å². The van der Waals surface area contributed by atoms with Gasteiger partial charge in [-0.1, -0.05) is 0 Å². The van der Waals surface area contributed by atoms with Gasteiger partial charge in [0, 0.05) is 0 Å². The Morgan fingerprint density at radius 1 is 1.50 bits per heavy atom. The molecule has 10 heavy (non-hydrogen) atoms. The minimum absolute atomic E-state index is 0.0908. The van der Waals surface area contributed by atoms with Crippen LogP contribution in [0.3, 0.4) is 0 Å². The molecule has 1 N–H and O–H groups in total. The standard InChI is InChI=1S/C5H9N2OSSe/c8-5(10)6-7-1-3-9-4-2-7/h1-4H2,(H,6,8). The number of hydrogen-bond acceptors (Lipinski definition) is 3. The third kappa shape index (κ3) is 2.92. The molecule has 1 saturated heterocycles. The van der Waals surface area contributed by atoms with E-state index in [9.17, 15) is 4.79 Å². The zero-order valence-corrected chi connectivity index (χ0v) is 8.03. The second kappa shape index (κ2) is 4.23. The fraction of sp³-hybridized carbons (Fsp3) is 0.800. The number of nitrogens with one attached hydrogen (secondary N) is 1. The molecular weight excluding hydrogens is 215 g/mol. The number of rotatable bonds is 1. The molecule has 1 radical (unpaired) electrons. The van der Waals surface area contributed by atoms with Crippen LogP contribution in [0, 0.1) is 0 Å². The molecule has 57 valence electrons. The summed E-state index contributed by atoms with van der Waals surface area (Å²) in [6.07, 6.45) is 0. The van der Waals surface area contributed by atoms with Crippen LogP contribution in [0.5, 0.6) is 0 Å². The summed E-state index contributed by atoms with van der Waals surface area (Å²) in [4.78, 5) is 10.4. The molecule has 0 atom stereocenters. The Hall–Kier alpha value is 0.299. The van der Waals surface area contributed by atoms with E-state index in [-0.39, 0.29) is 4.81 Å². The van der Waals surface area contributed by atoms with Crippen molar-refractivity contribution in [1.82, 2.24) is 10.4 Å². The van der Waals surface area contributed by atoms with Crippen molar-refractivity contribution in [3.8, 4) is 0 Å². The first kappa shape index (κ1) is 8.40. The van der Waals surface area contributed by atoms with Crippen molar-refractivity contribution in [3.63, 3.8) is 0 Å². The van der Waals surface area contributed by atoms with E-state index in [1.165, 1.54) is 0 Å². The van der Waals surface area contributed by atoms with E-state index in [0.29, 0.717) is 0 Å². The number of amides is 1. The fourth-order valence-corrected chi connectivity index (χ4v) is 1.98. The van der Waals surface area contributed by atoms with Gasteiger partial charge >= 0.3 is 72.4 Å². The van der Waals surface area contributed by atoms with Crippen molar-refractivity contribution >= 4 is 32.6 Å². The molecule has 1 aliphatic rings. The van der Waals surface area contributed by atoms with Gasteiger partial charge in [-0.25, -0.2) is 0 Å². The molecule has 0 unspecified atom stereocenters. The molecule has 1 fully saturated rings. The van der Waals surface area contributed by atoms with E-state index < -0.39 is 0 Å². The van der Waals surface area contributed by atoms with Gasteiger partial charge in [-0.2, -0.15) is 0 Å². The summed E-state index contributed by atoms with van der Waals surface area (Å²) in [5.41, 5.74) is 2.71. The van der Waals surface area contributed by atoms with Crippen molar-refractivity contribution in [3.05, 3.63) is 0 Å². The Labute approximate surface area is 72.7 Å². The number of nitrogens with zero attached hydrogens (tertiary/aromatic N) is 1. The van der Waals surface area contributed by atoms with Crippen LogP contribution in [0.25, 0.3) is 0 Å².